The topological polar surface area (TPSA) is 9.23 Å². The zero-order valence-electron chi connectivity index (χ0n) is 10.3. The number of halogens is 2. The van der Waals surface area contributed by atoms with E-state index in [0.29, 0.717) is 16.8 Å². The van der Waals surface area contributed by atoms with Crippen LogP contribution in [0.4, 0.5) is 4.39 Å². The molecule has 0 N–H and O–H groups in total. The summed E-state index contributed by atoms with van der Waals surface area (Å²) in [6.07, 6.45) is 0. The molecule has 1 nitrogen and oxygen atoms in total. The summed E-state index contributed by atoms with van der Waals surface area (Å²) in [6, 6.07) is 10.7. The molecule has 18 heavy (non-hydrogen) atoms. The Bertz CT molecular complexity index is 546. The highest BCUT2D eigenvalue weighted by Gasteiger charge is 2.03. The Labute approximate surface area is 115 Å². The van der Waals surface area contributed by atoms with Crippen molar-refractivity contribution in [1.29, 1.82) is 0 Å². The van der Waals surface area contributed by atoms with Gasteiger partial charge >= 0.3 is 0 Å². The van der Waals surface area contributed by atoms with Crippen molar-refractivity contribution in [1.82, 2.24) is 0 Å². The van der Waals surface area contributed by atoms with Gasteiger partial charge in [0.1, 0.15) is 18.2 Å². The largest absolute Gasteiger partial charge is 0.488 e. The van der Waals surface area contributed by atoms with Gasteiger partial charge in [0.25, 0.3) is 0 Å². The quantitative estimate of drug-likeness (QED) is 0.792. The molecule has 0 aliphatic carbocycles. The van der Waals surface area contributed by atoms with Crippen molar-refractivity contribution >= 4 is 15.9 Å². The molecule has 0 saturated heterocycles. The van der Waals surface area contributed by atoms with Gasteiger partial charge in [-0.2, -0.15) is 0 Å². The Kier molecular flexibility index (Phi) is 4.02. The minimum atomic E-state index is -0.277. The van der Waals surface area contributed by atoms with Crippen LogP contribution < -0.4 is 4.74 Å². The van der Waals surface area contributed by atoms with Gasteiger partial charge in [0.2, 0.25) is 0 Å². The Hall–Kier alpha value is -1.35. The van der Waals surface area contributed by atoms with Crippen LogP contribution in [0, 0.1) is 19.7 Å². The first kappa shape index (κ1) is 13.1. The summed E-state index contributed by atoms with van der Waals surface area (Å²) in [5.74, 6) is 0.371. The number of benzene rings is 2. The van der Waals surface area contributed by atoms with E-state index in [1.165, 1.54) is 23.3 Å². The summed E-state index contributed by atoms with van der Waals surface area (Å²) in [6.45, 7) is 4.60. The number of rotatable bonds is 3. The van der Waals surface area contributed by atoms with E-state index in [1.807, 2.05) is 0 Å². The average Bonchev–Trinajstić information content (AvgIpc) is 2.26. The third kappa shape index (κ3) is 3.33. The number of aryl methyl sites for hydroxylation is 2. The maximum Gasteiger partial charge on any atom is 0.134 e. The van der Waals surface area contributed by atoms with Crippen LogP contribution >= 0.6 is 15.9 Å². The lowest BCUT2D eigenvalue weighted by atomic mass is 10.1. The van der Waals surface area contributed by atoms with Crippen LogP contribution in [-0.2, 0) is 6.61 Å². The highest BCUT2D eigenvalue weighted by atomic mass is 79.9. The fraction of sp³-hybridized carbons (Fsp3) is 0.200. The highest BCUT2D eigenvalue weighted by Crippen LogP contribution is 2.26. The van der Waals surface area contributed by atoms with Gasteiger partial charge in [0.15, 0.2) is 0 Å². The Morgan fingerprint density at radius 1 is 1.06 bits per heavy atom. The summed E-state index contributed by atoms with van der Waals surface area (Å²) in [5.41, 5.74) is 3.54. The van der Waals surface area contributed by atoms with E-state index in [1.54, 1.807) is 6.07 Å². The molecule has 0 heterocycles. The lowest BCUT2D eigenvalue weighted by molar-refractivity contribution is 0.303. The van der Waals surface area contributed by atoms with Gasteiger partial charge in [0, 0.05) is 0 Å². The Morgan fingerprint density at radius 2 is 1.72 bits per heavy atom. The van der Waals surface area contributed by atoms with Crippen molar-refractivity contribution in [2.24, 2.45) is 0 Å². The monoisotopic (exact) mass is 308 g/mol. The van der Waals surface area contributed by atoms with Crippen molar-refractivity contribution in [3.8, 4) is 5.75 Å². The van der Waals surface area contributed by atoms with E-state index in [0.717, 1.165) is 5.56 Å². The molecule has 0 aliphatic heterocycles. The number of hydrogen-bond acceptors (Lipinski definition) is 1. The molecule has 0 saturated carbocycles. The van der Waals surface area contributed by atoms with Crippen molar-refractivity contribution in [2.75, 3.05) is 0 Å². The Morgan fingerprint density at radius 3 is 2.33 bits per heavy atom. The summed E-state index contributed by atoms with van der Waals surface area (Å²) in [5, 5.41) is 0. The second-order valence-electron chi connectivity index (χ2n) is 4.36. The van der Waals surface area contributed by atoms with Gasteiger partial charge in [0.05, 0.1) is 4.47 Å². The third-order valence-electron chi connectivity index (χ3n) is 2.57. The molecule has 0 radical (unpaired) electrons. The molecule has 0 unspecified atom stereocenters. The minimum absolute atomic E-state index is 0.277. The predicted octanol–water partition coefficient (Wildman–Crippen LogP) is 4.78. The Balaban J connectivity index is 2.11. The lowest BCUT2D eigenvalue weighted by Crippen LogP contribution is -1.97. The summed E-state index contributed by atoms with van der Waals surface area (Å²) < 4.78 is 19.2. The first-order chi connectivity index (χ1) is 8.54. The highest BCUT2D eigenvalue weighted by molar-refractivity contribution is 9.10. The molecule has 0 bridgehead atoms. The fourth-order valence-corrected chi connectivity index (χ4v) is 2.37. The van der Waals surface area contributed by atoms with Gasteiger partial charge in [-0.1, -0.05) is 29.3 Å². The van der Waals surface area contributed by atoms with Crippen LogP contribution in [0.2, 0.25) is 0 Å². The standard InChI is InChI=1S/C15H14BrFO/c1-10-5-11(2)7-12(6-10)9-18-15-4-3-13(17)8-14(15)16/h3-8H,9H2,1-2H3. The van der Waals surface area contributed by atoms with Crippen LogP contribution in [0.3, 0.4) is 0 Å². The van der Waals surface area contributed by atoms with E-state index in [9.17, 15) is 4.39 Å². The van der Waals surface area contributed by atoms with E-state index in [2.05, 4.69) is 48.0 Å². The molecule has 2 aromatic carbocycles. The smallest absolute Gasteiger partial charge is 0.134 e. The molecular weight excluding hydrogens is 295 g/mol. The van der Waals surface area contributed by atoms with Gasteiger partial charge in [-0.05, 0) is 53.5 Å². The van der Waals surface area contributed by atoms with Crippen LogP contribution in [-0.4, -0.2) is 0 Å². The minimum Gasteiger partial charge on any atom is -0.488 e. The normalized spacial score (nSPS) is 10.4. The van der Waals surface area contributed by atoms with Crippen LogP contribution in [0.25, 0.3) is 0 Å². The lowest BCUT2D eigenvalue weighted by Gasteiger charge is -2.09. The van der Waals surface area contributed by atoms with Crippen molar-refractivity contribution in [3.05, 3.63) is 63.4 Å². The zero-order valence-corrected chi connectivity index (χ0v) is 11.9. The van der Waals surface area contributed by atoms with Crippen molar-refractivity contribution < 1.29 is 9.13 Å². The van der Waals surface area contributed by atoms with Gasteiger partial charge in [-0.3, -0.25) is 0 Å². The van der Waals surface area contributed by atoms with Crippen molar-refractivity contribution in [3.63, 3.8) is 0 Å². The van der Waals surface area contributed by atoms with E-state index >= 15 is 0 Å². The molecule has 94 valence electrons. The molecule has 0 amide bonds. The van der Waals surface area contributed by atoms with Crippen molar-refractivity contribution in [2.45, 2.75) is 20.5 Å². The SMILES string of the molecule is Cc1cc(C)cc(COc2ccc(F)cc2Br)c1. The second kappa shape index (κ2) is 5.53. The summed E-state index contributed by atoms with van der Waals surface area (Å²) in [4.78, 5) is 0. The molecule has 3 heteroatoms. The molecule has 0 spiro atoms. The molecule has 0 aliphatic rings. The van der Waals surface area contributed by atoms with Gasteiger partial charge in [-0.25, -0.2) is 4.39 Å². The first-order valence-electron chi connectivity index (χ1n) is 5.69. The van der Waals surface area contributed by atoms with Crippen LogP contribution in [0.15, 0.2) is 40.9 Å². The van der Waals surface area contributed by atoms with Gasteiger partial charge in [-0.15, -0.1) is 0 Å². The molecule has 2 aromatic rings. The zero-order chi connectivity index (χ0) is 13.1. The molecular formula is C15H14BrFO. The third-order valence-corrected chi connectivity index (χ3v) is 3.19. The summed E-state index contributed by atoms with van der Waals surface area (Å²) in [7, 11) is 0. The molecule has 2 rings (SSSR count). The van der Waals surface area contributed by atoms with Gasteiger partial charge < -0.3 is 4.74 Å². The van der Waals surface area contributed by atoms with E-state index in [4.69, 9.17) is 4.74 Å². The number of ether oxygens (including phenoxy) is 1. The maximum absolute atomic E-state index is 12.9. The molecule has 0 aromatic heterocycles. The average molecular weight is 309 g/mol. The molecule has 0 atom stereocenters. The first-order valence-corrected chi connectivity index (χ1v) is 6.49. The predicted molar refractivity (Wildman–Crippen MR) is 74.3 cm³/mol. The van der Waals surface area contributed by atoms with E-state index < -0.39 is 0 Å². The maximum atomic E-state index is 12.9. The summed E-state index contributed by atoms with van der Waals surface area (Å²) >= 11 is 3.28. The fourth-order valence-electron chi connectivity index (χ4n) is 1.91. The van der Waals surface area contributed by atoms with Crippen LogP contribution in [0.1, 0.15) is 16.7 Å². The van der Waals surface area contributed by atoms with E-state index in [-0.39, 0.29) is 5.82 Å². The second-order valence-corrected chi connectivity index (χ2v) is 5.21. The van der Waals surface area contributed by atoms with Crippen LogP contribution in [0.5, 0.6) is 5.75 Å². The molecule has 0 fully saturated rings. The number of hydrogen-bond donors (Lipinski definition) is 0.